The fourth-order valence-electron chi connectivity index (χ4n) is 3.62. The average molecular weight is 343 g/mol. The minimum Gasteiger partial charge on any atom is -0.419 e. The zero-order valence-electron chi connectivity index (χ0n) is 14.8. The van der Waals surface area contributed by atoms with E-state index in [1.165, 1.54) is 12.8 Å². The first-order valence-electron chi connectivity index (χ1n) is 8.89. The lowest BCUT2D eigenvalue weighted by Crippen LogP contribution is -2.60. The molecule has 0 spiro atoms. The van der Waals surface area contributed by atoms with E-state index in [-0.39, 0.29) is 11.5 Å². The van der Waals surface area contributed by atoms with Crippen LogP contribution in [0.2, 0.25) is 0 Å². The van der Waals surface area contributed by atoms with Crippen LogP contribution in [0.25, 0.3) is 11.6 Å². The van der Waals surface area contributed by atoms with Gasteiger partial charge < -0.3 is 14.4 Å². The minimum atomic E-state index is -0.318. The third-order valence-corrected chi connectivity index (χ3v) is 5.11. The van der Waals surface area contributed by atoms with Crippen molar-refractivity contribution < 1.29 is 9.52 Å². The molecule has 25 heavy (non-hydrogen) atoms. The van der Waals surface area contributed by atoms with E-state index < -0.39 is 0 Å². The van der Waals surface area contributed by atoms with E-state index in [2.05, 4.69) is 39.0 Å². The highest BCUT2D eigenvalue weighted by Crippen LogP contribution is 2.34. The third-order valence-electron chi connectivity index (χ3n) is 5.11. The summed E-state index contributed by atoms with van der Waals surface area (Å²) in [5.41, 5.74) is 0.543. The highest BCUT2D eigenvalue weighted by molar-refractivity contribution is 5.45. The van der Waals surface area contributed by atoms with E-state index in [9.17, 15) is 5.11 Å². The SMILES string of the molecule is CN(CC(O)CN1CC(C)(c2nnc(-c3ccccn3)o2)C1)C1CC1. The molecule has 1 unspecified atom stereocenters. The minimum absolute atomic E-state index is 0.151. The van der Waals surface area contributed by atoms with Gasteiger partial charge in [0.1, 0.15) is 5.69 Å². The maximum atomic E-state index is 10.3. The lowest BCUT2D eigenvalue weighted by molar-refractivity contribution is 0.00573. The van der Waals surface area contributed by atoms with E-state index >= 15 is 0 Å². The van der Waals surface area contributed by atoms with E-state index in [1.54, 1.807) is 6.20 Å². The van der Waals surface area contributed by atoms with Gasteiger partial charge in [-0.1, -0.05) is 6.07 Å². The molecule has 2 fully saturated rings. The predicted molar refractivity (Wildman–Crippen MR) is 93.0 cm³/mol. The van der Waals surface area contributed by atoms with Crippen LogP contribution in [0.5, 0.6) is 0 Å². The molecule has 1 saturated carbocycles. The number of rotatable bonds is 7. The van der Waals surface area contributed by atoms with E-state index in [0.29, 0.717) is 30.1 Å². The summed E-state index contributed by atoms with van der Waals surface area (Å²) in [4.78, 5) is 8.76. The Morgan fingerprint density at radius 2 is 2.16 bits per heavy atom. The van der Waals surface area contributed by atoms with E-state index in [4.69, 9.17) is 4.42 Å². The second-order valence-corrected chi connectivity index (χ2v) is 7.68. The zero-order chi connectivity index (χ0) is 17.4. The number of aliphatic hydroxyl groups excluding tert-OH is 1. The highest BCUT2D eigenvalue weighted by atomic mass is 16.4. The molecule has 0 radical (unpaired) electrons. The van der Waals surface area contributed by atoms with Crippen LogP contribution in [-0.2, 0) is 5.41 Å². The lowest BCUT2D eigenvalue weighted by atomic mass is 9.81. The van der Waals surface area contributed by atoms with Gasteiger partial charge in [0.25, 0.3) is 5.89 Å². The number of aliphatic hydroxyl groups is 1. The maximum Gasteiger partial charge on any atom is 0.266 e. The lowest BCUT2D eigenvalue weighted by Gasteiger charge is -2.46. The molecule has 2 aromatic heterocycles. The Kier molecular flexibility index (Phi) is 4.31. The van der Waals surface area contributed by atoms with Crippen molar-refractivity contribution in [3.05, 3.63) is 30.3 Å². The van der Waals surface area contributed by atoms with Crippen LogP contribution in [0.1, 0.15) is 25.7 Å². The molecule has 1 atom stereocenters. The molecule has 1 N–H and O–H groups in total. The summed E-state index contributed by atoms with van der Waals surface area (Å²) in [5.74, 6) is 1.11. The van der Waals surface area contributed by atoms with E-state index in [1.807, 2.05) is 18.2 Å². The Labute approximate surface area is 147 Å². The number of hydrogen-bond acceptors (Lipinski definition) is 7. The van der Waals surface area contributed by atoms with Gasteiger partial charge in [-0.2, -0.15) is 0 Å². The van der Waals surface area contributed by atoms with Gasteiger partial charge in [0.2, 0.25) is 5.89 Å². The monoisotopic (exact) mass is 343 g/mol. The third kappa shape index (κ3) is 3.58. The molecule has 1 saturated heterocycles. The van der Waals surface area contributed by atoms with Gasteiger partial charge in [0.05, 0.1) is 11.5 Å². The van der Waals surface area contributed by atoms with Crippen molar-refractivity contribution in [1.29, 1.82) is 0 Å². The molecule has 0 bridgehead atoms. The number of β-amino-alcohol motifs (C(OH)–C–C–N with tert-alkyl or cyclic N) is 1. The fraction of sp³-hybridized carbons (Fsp3) is 0.611. The van der Waals surface area contributed by atoms with Gasteiger partial charge in [-0.25, -0.2) is 0 Å². The van der Waals surface area contributed by atoms with Crippen molar-refractivity contribution in [3.8, 4) is 11.6 Å². The van der Waals surface area contributed by atoms with Gasteiger partial charge in [0.15, 0.2) is 0 Å². The summed E-state index contributed by atoms with van der Waals surface area (Å²) in [6.07, 6.45) is 3.93. The summed E-state index contributed by atoms with van der Waals surface area (Å²) in [6.45, 7) is 5.19. The molecular weight excluding hydrogens is 318 g/mol. The molecule has 134 valence electrons. The standard InChI is InChI=1S/C18H25N5O2/c1-18(17-21-20-16(25-17)15-5-3-4-8-19-15)11-23(12-18)10-14(24)9-22(2)13-6-7-13/h3-5,8,13-14,24H,6-7,9-12H2,1-2H3. The second kappa shape index (κ2) is 6.48. The molecule has 2 aliphatic rings. The molecular formula is C18H25N5O2. The Morgan fingerprint density at radius 3 is 2.84 bits per heavy atom. The van der Waals surface area contributed by atoms with Crippen LogP contribution < -0.4 is 0 Å². The molecule has 0 amide bonds. The summed E-state index contributed by atoms with van der Waals surface area (Å²) in [7, 11) is 2.10. The Balaban J connectivity index is 1.32. The fourth-order valence-corrected chi connectivity index (χ4v) is 3.62. The normalized spacial score (nSPS) is 21.3. The molecule has 4 rings (SSSR count). The van der Waals surface area contributed by atoms with Gasteiger partial charge >= 0.3 is 0 Å². The largest absolute Gasteiger partial charge is 0.419 e. The Hall–Kier alpha value is -1.83. The van der Waals surface area contributed by atoms with Crippen LogP contribution >= 0.6 is 0 Å². The Bertz CT molecular complexity index is 709. The van der Waals surface area contributed by atoms with Gasteiger partial charge in [0, 0.05) is 38.4 Å². The highest BCUT2D eigenvalue weighted by Gasteiger charge is 2.45. The summed E-state index contributed by atoms with van der Waals surface area (Å²) in [6, 6.07) is 6.30. The number of pyridine rings is 1. The second-order valence-electron chi connectivity index (χ2n) is 7.68. The van der Waals surface area contributed by atoms with Crippen LogP contribution in [0.3, 0.4) is 0 Å². The van der Waals surface area contributed by atoms with Gasteiger partial charge in [-0.3, -0.25) is 9.88 Å². The first-order chi connectivity index (χ1) is 12.0. The number of nitrogens with zero attached hydrogens (tertiary/aromatic N) is 5. The topological polar surface area (TPSA) is 78.5 Å². The van der Waals surface area contributed by atoms with Crippen molar-refractivity contribution >= 4 is 0 Å². The van der Waals surface area contributed by atoms with Crippen LogP contribution in [0, 0.1) is 0 Å². The van der Waals surface area contributed by atoms with Crippen molar-refractivity contribution in [2.45, 2.75) is 37.3 Å². The van der Waals surface area contributed by atoms with Crippen molar-refractivity contribution in [1.82, 2.24) is 25.0 Å². The molecule has 7 heteroatoms. The number of hydrogen-bond donors (Lipinski definition) is 1. The van der Waals surface area contributed by atoms with Crippen molar-refractivity contribution in [3.63, 3.8) is 0 Å². The smallest absolute Gasteiger partial charge is 0.266 e. The van der Waals surface area contributed by atoms with Crippen LogP contribution in [-0.4, -0.2) is 75.5 Å². The van der Waals surface area contributed by atoms with E-state index in [0.717, 1.165) is 19.6 Å². The molecule has 1 aliphatic carbocycles. The Morgan fingerprint density at radius 1 is 1.36 bits per heavy atom. The number of likely N-dealkylation sites (N-methyl/N-ethyl adjacent to an activating group) is 1. The predicted octanol–water partition coefficient (Wildman–Crippen LogP) is 1.16. The maximum absolute atomic E-state index is 10.3. The molecule has 0 aromatic carbocycles. The first kappa shape index (κ1) is 16.6. The van der Waals surface area contributed by atoms with Crippen LogP contribution in [0.4, 0.5) is 0 Å². The van der Waals surface area contributed by atoms with Gasteiger partial charge in [-0.15, -0.1) is 10.2 Å². The van der Waals surface area contributed by atoms with Gasteiger partial charge in [-0.05, 0) is 38.9 Å². The average Bonchev–Trinajstić information content (AvgIpc) is 3.31. The molecule has 1 aliphatic heterocycles. The van der Waals surface area contributed by atoms with Crippen molar-refractivity contribution in [2.75, 3.05) is 33.2 Å². The first-order valence-corrected chi connectivity index (χ1v) is 8.89. The quantitative estimate of drug-likeness (QED) is 0.808. The van der Waals surface area contributed by atoms with Crippen LogP contribution in [0.15, 0.2) is 28.8 Å². The summed E-state index contributed by atoms with van der Waals surface area (Å²) < 4.78 is 5.85. The molecule has 7 nitrogen and oxygen atoms in total. The molecule has 3 heterocycles. The summed E-state index contributed by atoms with van der Waals surface area (Å²) >= 11 is 0. The number of likely N-dealkylation sites (tertiary alicyclic amines) is 1. The molecule has 2 aromatic rings. The van der Waals surface area contributed by atoms with Crippen molar-refractivity contribution in [2.24, 2.45) is 0 Å². The number of aromatic nitrogens is 3. The summed E-state index contributed by atoms with van der Waals surface area (Å²) in [5, 5.41) is 18.6. The zero-order valence-corrected chi connectivity index (χ0v) is 14.8.